The predicted octanol–water partition coefficient (Wildman–Crippen LogP) is 3.19. The highest BCUT2D eigenvalue weighted by molar-refractivity contribution is 9.09. The van der Waals surface area contributed by atoms with Crippen molar-refractivity contribution >= 4 is 27.5 Å². The molecule has 96 valence electrons. The number of rotatable bonds is 2. The molecule has 2 aliphatic rings. The number of ether oxygens (including phenoxy) is 1. The number of halogens is 1. The highest BCUT2D eigenvalue weighted by Crippen LogP contribution is 2.36. The van der Waals surface area contributed by atoms with Gasteiger partial charge in [-0.25, -0.2) is 0 Å². The minimum Gasteiger partial charge on any atom is -0.377 e. The summed E-state index contributed by atoms with van der Waals surface area (Å²) in [5, 5.41) is 2.91. The Hall–Kier alpha value is -0.870. The summed E-state index contributed by atoms with van der Waals surface area (Å²) in [4.78, 5) is 11.6. The highest BCUT2D eigenvalue weighted by atomic mass is 79.9. The maximum absolute atomic E-state index is 11.3. The second-order valence-electron chi connectivity index (χ2n) is 4.92. The zero-order valence-corrected chi connectivity index (χ0v) is 11.7. The largest absolute Gasteiger partial charge is 0.377 e. The van der Waals surface area contributed by atoms with E-state index in [0.29, 0.717) is 6.42 Å². The first-order valence-corrected chi connectivity index (χ1v) is 7.34. The number of benzene rings is 1. The predicted molar refractivity (Wildman–Crippen MR) is 74.0 cm³/mol. The number of amides is 1. The van der Waals surface area contributed by atoms with Gasteiger partial charge in [-0.05, 0) is 36.5 Å². The van der Waals surface area contributed by atoms with Crippen LogP contribution in [0.5, 0.6) is 0 Å². The first-order valence-electron chi connectivity index (χ1n) is 6.42. The minimum atomic E-state index is 0.116. The van der Waals surface area contributed by atoms with Gasteiger partial charge in [-0.2, -0.15) is 0 Å². The number of aryl methyl sites for hydroxylation is 1. The smallest absolute Gasteiger partial charge is 0.224 e. The van der Waals surface area contributed by atoms with E-state index in [1.165, 1.54) is 11.1 Å². The first kappa shape index (κ1) is 12.2. The van der Waals surface area contributed by atoms with Crippen molar-refractivity contribution in [2.75, 3.05) is 11.9 Å². The molecule has 0 radical (unpaired) electrons. The highest BCUT2D eigenvalue weighted by Gasteiger charge is 2.26. The number of anilines is 1. The normalized spacial score (nSPS) is 24.5. The van der Waals surface area contributed by atoms with E-state index in [2.05, 4.69) is 33.4 Å². The summed E-state index contributed by atoms with van der Waals surface area (Å²) in [6, 6.07) is 6.27. The first-order chi connectivity index (χ1) is 8.74. The fourth-order valence-electron chi connectivity index (χ4n) is 2.62. The number of alkyl halides is 1. The number of carbonyl (C=O) groups excluding carboxylic acids is 1. The molecule has 2 atom stereocenters. The van der Waals surface area contributed by atoms with Crippen molar-refractivity contribution in [2.24, 2.45) is 0 Å². The third-order valence-corrected chi connectivity index (χ3v) is 4.75. The molecule has 1 fully saturated rings. The lowest BCUT2D eigenvalue weighted by Gasteiger charge is -2.21. The van der Waals surface area contributed by atoms with E-state index < -0.39 is 0 Å². The Morgan fingerprint density at radius 3 is 3.06 bits per heavy atom. The molecule has 1 saturated heterocycles. The summed E-state index contributed by atoms with van der Waals surface area (Å²) in [5.74, 6) is 0.116. The molecular weight excluding hydrogens is 294 g/mol. The summed E-state index contributed by atoms with van der Waals surface area (Å²) < 4.78 is 5.71. The molecule has 1 N–H and O–H groups in total. The lowest BCUT2D eigenvalue weighted by Crippen LogP contribution is -2.19. The lowest BCUT2D eigenvalue weighted by atomic mass is 9.97. The number of hydrogen-bond donors (Lipinski definition) is 1. The SMILES string of the molecule is O=C1CCc2cc(C(Br)C3CCCO3)ccc2N1. The topological polar surface area (TPSA) is 38.3 Å². The van der Waals surface area contributed by atoms with Crippen LogP contribution in [0.3, 0.4) is 0 Å². The van der Waals surface area contributed by atoms with Gasteiger partial charge in [-0.1, -0.05) is 28.1 Å². The lowest BCUT2D eigenvalue weighted by molar-refractivity contribution is -0.116. The summed E-state index contributed by atoms with van der Waals surface area (Å²) >= 11 is 3.74. The zero-order valence-electron chi connectivity index (χ0n) is 10.1. The quantitative estimate of drug-likeness (QED) is 0.852. The molecule has 1 aromatic rings. The van der Waals surface area contributed by atoms with E-state index in [1.54, 1.807) is 0 Å². The van der Waals surface area contributed by atoms with Gasteiger partial charge < -0.3 is 10.1 Å². The molecule has 4 heteroatoms. The van der Waals surface area contributed by atoms with Crippen molar-refractivity contribution in [2.45, 2.75) is 36.6 Å². The van der Waals surface area contributed by atoms with Gasteiger partial charge in [0.2, 0.25) is 5.91 Å². The maximum atomic E-state index is 11.3. The van der Waals surface area contributed by atoms with Crippen LogP contribution in [-0.4, -0.2) is 18.6 Å². The molecule has 0 saturated carbocycles. The van der Waals surface area contributed by atoms with Gasteiger partial charge >= 0.3 is 0 Å². The van der Waals surface area contributed by atoms with Crippen molar-refractivity contribution < 1.29 is 9.53 Å². The van der Waals surface area contributed by atoms with Gasteiger partial charge in [0.1, 0.15) is 0 Å². The molecule has 2 unspecified atom stereocenters. The van der Waals surface area contributed by atoms with Crippen LogP contribution in [-0.2, 0) is 16.0 Å². The summed E-state index contributed by atoms with van der Waals surface area (Å²) in [6.45, 7) is 0.869. The molecular formula is C14H16BrNO2. The maximum Gasteiger partial charge on any atom is 0.224 e. The van der Waals surface area contributed by atoms with Crippen LogP contribution in [0.25, 0.3) is 0 Å². The molecule has 0 bridgehead atoms. The molecule has 3 rings (SSSR count). The minimum absolute atomic E-state index is 0.116. The molecule has 18 heavy (non-hydrogen) atoms. The van der Waals surface area contributed by atoms with Crippen molar-refractivity contribution in [1.29, 1.82) is 0 Å². The van der Waals surface area contributed by atoms with Crippen LogP contribution >= 0.6 is 15.9 Å². The van der Waals surface area contributed by atoms with E-state index in [-0.39, 0.29) is 16.8 Å². The Morgan fingerprint density at radius 2 is 2.28 bits per heavy atom. The molecule has 0 aliphatic carbocycles. The van der Waals surface area contributed by atoms with Gasteiger partial charge in [-0.15, -0.1) is 0 Å². The van der Waals surface area contributed by atoms with Crippen molar-refractivity contribution in [3.8, 4) is 0 Å². The van der Waals surface area contributed by atoms with Crippen molar-refractivity contribution in [3.63, 3.8) is 0 Å². The Labute approximate surface area is 115 Å². The number of hydrogen-bond acceptors (Lipinski definition) is 2. The molecule has 0 spiro atoms. The third-order valence-electron chi connectivity index (χ3n) is 3.63. The Balaban J connectivity index is 1.83. The standard InChI is InChI=1S/C14H16BrNO2/c15-14(12-2-1-7-18-12)10-3-5-11-9(8-10)4-6-13(17)16-11/h3,5,8,12,14H,1-2,4,6-7H2,(H,16,17). The molecule has 3 nitrogen and oxygen atoms in total. The van der Waals surface area contributed by atoms with Gasteiger partial charge in [0, 0.05) is 18.7 Å². The van der Waals surface area contributed by atoms with Crippen LogP contribution in [0.4, 0.5) is 5.69 Å². The van der Waals surface area contributed by atoms with Gasteiger partial charge in [0.05, 0.1) is 10.9 Å². The van der Waals surface area contributed by atoms with Crippen LogP contribution in [0.1, 0.15) is 35.2 Å². The van der Waals surface area contributed by atoms with Crippen LogP contribution < -0.4 is 5.32 Å². The monoisotopic (exact) mass is 309 g/mol. The number of nitrogens with one attached hydrogen (secondary N) is 1. The Bertz CT molecular complexity index is 469. The molecule has 1 amide bonds. The zero-order chi connectivity index (χ0) is 12.5. The average molecular weight is 310 g/mol. The van der Waals surface area contributed by atoms with E-state index >= 15 is 0 Å². The second-order valence-corrected chi connectivity index (χ2v) is 5.90. The molecule has 0 aromatic heterocycles. The molecule has 1 aromatic carbocycles. The summed E-state index contributed by atoms with van der Waals surface area (Å²) in [5.41, 5.74) is 3.44. The summed E-state index contributed by atoms with van der Waals surface area (Å²) in [7, 11) is 0. The molecule has 2 aliphatic heterocycles. The van der Waals surface area contributed by atoms with Crippen LogP contribution in [0, 0.1) is 0 Å². The molecule has 2 heterocycles. The van der Waals surface area contributed by atoms with E-state index in [4.69, 9.17) is 4.74 Å². The fraction of sp³-hybridized carbons (Fsp3) is 0.500. The van der Waals surface area contributed by atoms with Gasteiger partial charge in [0.15, 0.2) is 0 Å². The number of carbonyl (C=O) groups is 1. The fourth-order valence-corrected chi connectivity index (χ4v) is 3.32. The van der Waals surface area contributed by atoms with Crippen molar-refractivity contribution in [1.82, 2.24) is 0 Å². The average Bonchev–Trinajstić information content (AvgIpc) is 2.91. The van der Waals surface area contributed by atoms with Crippen LogP contribution in [0.15, 0.2) is 18.2 Å². The van der Waals surface area contributed by atoms with E-state index in [9.17, 15) is 4.79 Å². The second kappa shape index (κ2) is 5.02. The van der Waals surface area contributed by atoms with E-state index in [0.717, 1.165) is 31.6 Å². The Morgan fingerprint density at radius 1 is 1.39 bits per heavy atom. The van der Waals surface area contributed by atoms with Crippen molar-refractivity contribution in [3.05, 3.63) is 29.3 Å². The van der Waals surface area contributed by atoms with Gasteiger partial charge in [-0.3, -0.25) is 4.79 Å². The van der Waals surface area contributed by atoms with E-state index in [1.807, 2.05) is 6.07 Å². The number of fused-ring (bicyclic) bond motifs is 1. The van der Waals surface area contributed by atoms with Crippen LogP contribution in [0.2, 0.25) is 0 Å². The Kier molecular flexibility index (Phi) is 3.39. The van der Waals surface area contributed by atoms with Gasteiger partial charge in [0.25, 0.3) is 0 Å². The summed E-state index contributed by atoms with van der Waals surface area (Å²) in [6.07, 6.45) is 3.96. The third kappa shape index (κ3) is 2.31.